The molecular weight excluding hydrogens is 294 g/mol. The van der Waals surface area contributed by atoms with Gasteiger partial charge in [0.05, 0.1) is 12.7 Å². The van der Waals surface area contributed by atoms with E-state index in [0.717, 1.165) is 5.56 Å². The number of ether oxygens (including phenoxy) is 1. The van der Waals surface area contributed by atoms with Gasteiger partial charge in [0.2, 0.25) is 0 Å². The lowest BCUT2D eigenvalue weighted by atomic mass is 10.0. The zero-order valence-electron chi connectivity index (χ0n) is 13.9. The van der Waals surface area contributed by atoms with E-state index in [9.17, 15) is 9.90 Å². The highest BCUT2D eigenvalue weighted by atomic mass is 16.5. The molecule has 2 atom stereocenters. The Morgan fingerprint density at radius 1 is 1.39 bits per heavy atom. The molecule has 2 aromatic rings. The monoisotopic (exact) mass is 317 g/mol. The minimum Gasteiger partial charge on any atom is -0.496 e. The third-order valence-electron chi connectivity index (χ3n) is 3.94. The van der Waals surface area contributed by atoms with Crippen molar-refractivity contribution in [1.29, 1.82) is 0 Å². The molecule has 0 bridgehead atoms. The van der Waals surface area contributed by atoms with E-state index in [1.807, 2.05) is 38.1 Å². The Hall–Kier alpha value is -2.34. The standard InChI is InChI=1S/C17H23N3O3/c1-11(10-21)12(2)18-17(22)14-9-20(3)19-16(14)13-7-5-6-8-15(13)23-4/h5-9,11-12,21H,10H2,1-4H3,(H,18,22). The molecule has 124 valence electrons. The van der Waals surface area contributed by atoms with Crippen LogP contribution in [0.25, 0.3) is 11.3 Å². The number of rotatable bonds is 6. The second-order valence-corrected chi connectivity index (χ2v) is 5.69. The van der Waals surface area contributed by atoms with Crippen LogP contribution in [0.15, 0.2) is 30.5 Å². The van der Waals surface area contributed by atoms with Crippen molar-refractivity contribution in [1.82, 2.24) is 15.1 Å². The fraction of sp³-hybridized carbons (Fsp3) is 0.412. The second kappa shape index (κ2) is 7.28. The summed E-state index contributed by atoms with van der Waals surface area (Å²) in [6.07, 6.45) is 1.69. The van der Waals surface area contributed by atoms with Crippen molar-refractivity contribution in [2.75, 3.05) is 13.7 Å². The Bertz CT molecular complexity index is 681. The van der Waals surface area contributed by atoms with Gasteiger partial charge in [0, 0.05) is 31.5 Å². The molecule has 0 aliphatic heterocycles. The number of aliphatic hydroxyl groups excluding tert-OH is 1. The van der Waals surface area contributed by atoms with Crippen LogP contribution in [0.1, 0.15) is 24.2 Å². The number of nitrogens with zero attached hydrogens (tertiary/aromatic N) is 2. The van der Waals surface area contributed by atoms with Gasteiger partial charge in [-0.3, -0.25) is 9.48 Å². The summed E-state index contributed by atoms with van der Waals surface area (Å²) in [5, 5.41) is 16.5. The maximum absolute atomic E-state index is 12.6. The number of aliphatic hydroxyl groups is 1. The Labute approximate surface area is 136 Å². The lowest BCUT2D eigenvalue weighted by Gasteiger charge is -2.19. The zero-order valence-corrected chi connectivity index (χ0v) is 13.9. The molecule has 2 N–H and O–H groups in total. The minimum absolute atomic E-state index is 0.0217. The fourth-order valence-corrected chi connectivity index (χ4v) is 2.28. The van der Waals surface area contributed by atoms with Gasteiger partial charge in [-0.15, -0.1) is 0 Å². The lowest BCUT2D eigenvalue weighted by molar-refractivity contribution is 0.0917. The van der Waals surface area contributed by atoms with Crippen LogP contribution in [-0.2, 0) is 7.05 Å². The summed E-state index contributed by atoms with van der Waals surface area (Å²) in [6, 6.07) is 7.32. The van der Waals surface area contributed by atoms with Gasteiger partial charge in [0.15, 0.2) is 0 Å². The van der Waals surface area contributed by atoms with Crippen molar-refractivity contribution in [2.24, 2.45) is 13.0 Å². The summed E-state index contributed by atoms with van der Waals surface area (Å²) in [6.45, 7) is 3.78. The van der Waals surface area contributed by atoms with Crippen molar-refractivity contribution in [2.45, 2.75) is 19.9 Å². The summed E-state index contributed by atoms with van der Waals surface area (Å²) in [5.74, 6) is 0.425. The number of benzene rings is 1. The molecule has 0 saturated carbocycles. The molecular formula is C17H23N3O3. The molecule has 6 nitrogen and oxygen atoms in total. The van der Waals surface area contributed by atoms with Gasteiger partial charge in [-0.05, 0) is 25.0 Å². The van der Waals surface area contributed by atoms with E-state index in [-0.39, 0.29) is 24.5 Å². The van der Waals surface area contributed by atoms with Crippen molar-refractivity contribution in [3.63, 3.8) is 0 Å². The highest BCUT2D eigenvalue weighted by Crippen LogP contribution is 2.30. The smallest absolute Gasteiger partial charge is 0.255 e. The number of para-hydroxylation sites is 1. The van der Waals surface area contributed by atoms with Crippen LogP contribution in [0.5, 0.6) is 5.75 Å². The summed E-state index contributed by atoms with van der Waals surface area (Å²) in [5.41, 5.74) is 1.82. The van der Waals surface area contributed by atoms with E-state index in [2.05, 4.69) is 10.4 Å². The Kier molecular flexibility index (Phi) is 5.39. The van der Waals surface area contributed by atoms with Gasteiger partial charge >= 0.3 is 0 Å². The number of nitrogens with one attached hydrogen (secondary N) is 1. The quantitative estimate of drug-likeness (QED) is 0.852. The maximum atomic E-state index is 12.6. The van der Waals surface area contributed by atoms with Crippen LogP contribution in [0.4, 0.5) is 0 Å². The average molecular weight is 317 g/mol. The van der Waals surface area contributed by atoms with Crippen LogP contribution in [0, 0.1) is 5.92 Å². The minimum atomic E-state index is -0.216. The molecule has 2 rings (SSSR count). The first kappa shape index (κ1) is 17.0. The maximum Gasteiger partial charge on any atom is 0.255 e. The van der Waals surface area contributed by atoms with E-state index in [1.165, 1.54) is 0 Å². The van der Waals surface area contributed by atoms with Gasteiger partial charge in [-0.2, -0.15) is 5.10 Å². The first-order chi connectivity index (χ1) is 11.0. The predicted octanol–water partition coefficient (Wildman–Crippen LogP) is 1.84. The molecule has 23 heavy (non-hydrogen) atoms. The molecule has 0 radical (unpaired) electrons. The molecule has 0 spiro atoms. The molecule has 6 heteroatoms. The third-order valence-corrected chi connectivity index (χ3v) is 3.94. The molecule has 0 fully saturated rings. The first-order valence-electron chi connectivity index (χ1n) is 7.56. The molecule has 0 saturated heterocycles. The molecule has 0 aliphatic carbocycles. The highest BCUT2D eigenvalue weighted by molar-refractivity contribution is 6.00. The van der Waals surface area contributed by atoms with Crippen molar-refractivity contribution in [3.8, 4) is 17.0 Å². The first-order valence-corrected chi connectivity index (χ1v) is 7.56. The Balaban J connectivity index is 2.36. The molecule has 1 aromatic heterocycles. The summed E-state index contributed by atoms with van der Waals surface area (Å²) in [4.78, 5) is 12.6. The Morgan fingerprint density at radius 2 is 2.09 bits per heavy atom. The molecule has 1 amide bonds. The largest absolute Gasteiger partial charge is 0.496 e. The molecule has 1 heterocycles. The third kappa shape index (κ3) is 3.71. The number of hydrogen-bond donors (Lipinski definition) is 2. The van der Waals surface area contributed by atoms with E-state index < -0.39 is 0 Å². The van der Waals surface area contributed by atoms with E-state index in [0.29, 0.717) is 17.0 Å². The SMILES string of the molecule is COc1ccccc1-c1nn(C)cc1C(=O)NC(C)C(C)CO. The molecule has 0 aliphatic rings. The summed E-state index contributed by atoms with van der Waals surface area (Å²) in [7, 11) is 3.36. The van der Waals surface area contributed by atoms with Crippen LogP contribution in [-0.4, -0.2) is 40.6 Å². The van der Waals surface area contributed by atoms with Gasteiger partial charge in [-0.1, -0.05) is 19.1 Å². The zero-order chi connectivity index (χ0) is 17.0. The number of methoxy groups -OCH3 is 1. The van der Waals surface area contributed by atoms with E-state index in [1.54, 1.807) is 25.0 Å². The van der Waals surface area contributed by atoms with Gasteiger partial charge in [0.1, 0.15) is 11.4 Å². The van der Waals surface area contributed by atoms with Gasteiger partial charge in [-0.25, -0.2) is 0 Å². The second-order valence-electron chi connectivity index (χ2n) is 5.69. The normalized spacial score (nSPS) is 13.4. The van der Waals surface area contributed by atoms with Crippen LogP contribution in [0.3, 0.4) is 0 Å². The topological polar surface area (TPSA) is 76.4 Å². The fourth-order valence-electron chi connectivity index (χ4n) is 2.28. The molecule has 2 unspecified atom stereocenters. The summed E-state index contributed by atoms with van der Waals surface area (Å²) >= 11 is 0. The predicted molar refractivity (Wildman–Crippen MR) is 88.4 cm³/mol. The number of carbonyl (C=O) groups is 1. The number of amides is 1. The summed E-state index contributed by atoms with van der Waals surface area (Å²) < 4.78 is 6.97. The van der Waals surface area contributed by atoms with Gasteiger partial charge < -0.3 is 15.2 Å². The van der Waals surface area contributed by atoms with Crippen molar-refractivity contribution in [3.05, 3.63) is 36.0 Å². The van der Waals surface area contributed by atoms with Crippen molar-refractivity contribution >= 4 is 5.91 Å². The number of carbonyl (C=O) groups excluding carboxylic acids is 1. The number of aryl methyl sites for hydroxylation is 1. The van der Waals surface area contributed by atoms with E-state index in [4.69, 9.17) is 4.74 Å². The lowest BCUT2D eigenvalue weighted by Crippen LogP contribution is -2.38. The van der Waals surface area contributed by atoms with Crippen molar-refractivity contribution < 1.29 is 14.6 Å². The number of hydrogen-bond acceptors (Lipinski definition) is 4. The van der Waals surface area contributed by atoms with E-state index >= 15 is 0 Å². The van der Waals surface area contributed by atoms with Crippen LogP contribution >= 0.6 is 0 Å². The van der Waals surface area contributed by atoms with Gasteiger partial charge in [0.25, 0.3) is 5.91 Å². The van der Waals surface area contributed by atoms with Crippen LogP contribution in [0.2, 0.25) is 0 Å². The molecule has 1 aromatic carbocycles. The average Bonchev–Trinajstić information content (AvgIpc) is 2.95. The number of aromatic nitrogens is 2. The van der Waals surface area contributed by atoms with Crippen LogP contribution < -0.4 is 10.1 Å². The highest BCUT2D eigenvalue weighted by Gasteiger charge is 2.22. The Morgan fingerprint density at radius 3 is 2.74 bits per heavy atom.